The highest BCUT2D eigenvalue weighted by atomic mass is 32.1. The molecule has 0 spiro atoms. The summed E-state index contributed by atoms with van der Waals surface area (Å²) in [7, 11) is 0. The molecule has 1 aliphatic rings. The molecule has 0 aliphatic heterocycles. The molecule has 0 saturated heterocycles. The SMILES string of the molecule is CCOC1CC(CC(=O)Cc2nc(C)cs2)C1. The summed E-state index contributed by atoms with van der Waals surface area (Å²) in [6, 6.07) is 0. The predicted octanol–water partition coefficient (Wildman–Crippen LogP) is 2.77. The second-order valence-corrected chi connectivity index (χ2v) is 5.66. The third-order valence-corrected chi connectivity index (χ3v) is 4.09. The number of nitrogens with zero attached hydrogens (tertiary/aromatic N) is 1. The second kappa shape index (κ2) is 5.74. The van der Waals surface area contributed by atoms with Crippen LogP contribution < -0.4 is 0 Å². The first kappa shape index (κ1) is 12.7. The van der Waals surface area contributed by atoms with Crippen molar-refractivity contribution in [1.82, 2.24) is 4.98 Å². The van der Waals surface area contributed by atoms with Crippen molar-refractivity contribution in [3.05, 3.63) is 16.1 Å². The number of ketones is 1. The Morgan fingerprint density at radius 2 is 2.35 bits per heavy atom. The van der Waals surface area contributed by atoms with Gasteiger partial charge in [0.05, 0.1) is 12.5 Å². The molecule has 94 valence electrons. The standard InChI is InChI=1S/C13H19NO2S/c1-3-16-12-5-10(6-12)4-11(15)7-13-14-9(2)8-17-13/h8,10,12H,3-7H2,1-2H3. The van der Waals surface area contributed by atoms with Gasteiger partial charge in [0.2, 0.25) is 0 Å². The van der Waals surface area contributed by atoms with Crippen LogP contribution in [0.5, 0.6) is 0 Å². The van der Waals surface area contributed by atoms with Crippen molar-refractivity contribution < 1.29 is 9.53 Å². The molecule has 1 saturated carbocycles. The molecule has 0 N–H and O–H groups in total. The van der Waals surface area contributed by atoms with Crippen molar-refractivity contribution in [1.29, 1.82) is 0 Å². The fourth-order valence-electron chi connectivity index (χ4n) is 2.26. The average Bonchev–Trinajstić information content (AvgIpc) is 2.61. The Hall–Kier alpha value is -0.740. The largest absolute Gasteiger partial charge is 0.378 e. The molecule has 2 rings (SSSR count). The van der Waals surface area contributed by atoms with Crippen LogP contribution in [0.25, 0.3) is 0 Å². The molecule has 0 amide bonds. The number of carbonyl (C=O) groups is 1. The normalized spacial score (nSPS) is 23.4. The van der Waals surface area contributed by atoms with Crippen LogP contribution in [0, 0.1) is 12.8 Å². The van der Waals surface area contributed by atoms with Crippen LogP contribution >= 0.6 is 11.3 Å². The summed E-state index contributed by atoms with van der Waals surface area (Å²) in [5, 5.41) is 2.95. The van der Waals surface area contributed by atoms with Crippen LogP contribution in [0.1, 0.15) is 36.9 Å². The maximum Gasteiger partial charge on any atom is 0.139 e. The number of carbonyl (C=O) groups excluding carboxylic acids is 1. The topological polar surface area (TPSA) is 39.2 Å². The van der Waals surface area contributed by atoms with E-state index in [1.807, 2.05) is 19.2 Å². The summed E-state index contributed by atoms with van der Waals surface area (Å²) >= 11 is 1.58. The molecule has 17 heavy (non-hydrogen) atoms. The Bertz CT molecular complexity index is 383. The van der Waals surface area contributed by atoms with Crippen molar-refractivity contribution >= 4 is 17.1 Å². The molecule has 0 aromatic carbocycles. The highest BCUT2D eigenvalue weighted by Crippen LogP contribution is 2.33. The lowest BCUT2D eigenvalue weighted by molar-refractivity contribution is -0.121. The Balaban J connectivity index is 1.69. The average molecular weight is 253 g/mol. The van der Waals surface area contributed by atoms with E-state index in [0.29, 0.717) is 30.6 Å². The molecule has 1 aliphatic carbocycles. The van der Waals surface area contributed by atoms with Crippen LogP contribution in [-0.4, -0.2) is 23.5 Å². The smallest absolute Gasteiger partial charge is 0.139 e. The highest BCUT2D eigenvalue weighted by molar-refractivity contribution is 7.09. The summed E-state index contributed by atoms with van der Waals surface area (Å²) < 4.78 is 5.49. The van der Waals surface area contributed by atoms with Crippen molar-refractivity contribution in [2.45, 2.75) is 45.6 Å². The van der Waals surface area contributed by atoms with Gasteiger partial charge in [0.25, 0.3) is 0 Å². The first-order chi connectivity index (χ1) is 8.17. The van der Waals surface area contributed by atoms with Crippen LogP contribution in [-0.2, 0) is 16.0 Å². The fraction of sp³-hybridized carbons (Fsp3) is 0.692. The van der Waals surface area contributed by atoms with Crippen LogP contribution in [0.2, 0.25) is 0 Å². The van der Waals surface area contributed by atoms with Gasteiger partial charge in [-0.2, -0.15) is 0 Å². The Morgan fingerprint density at radius 3 is 2.94 bits per heavy atom. The molecule has 1 aromatic rings. The zero-order valence-electron chi connectivity index (χ0n) is 10.4. The van der Waals surface area contributed by atoms with Gasteiger partial charge in [-0.3, -0.25) is 4.79 Å². The van der Waals surface area contributed by atoms with E-state index in [9.17, 15) is 4.79 Å². The molecule has 3 nitrogen and oxygen atoms in total. The molecule has 0 atom stereocenters. The van der Waals surface area contributed by atoms with Crippen LogP contribution in [0.15, 0.2) is 5.38 Å². The molecular formula is C13H19NO2S. The molecular weight excluding hydrogens is 234 g/mol. The monoisotopic (exact) mass is 253 g/mol. The zero-order chi connectivity index (χ0) is 12.3. The van der Waals surface area contributed by atoms with Crippen molar-refractivity contribution in [3.63, 3.8) is 0 Å². The predicted molar refractivity (Wildman–Crippen MR) is 68.3 cm³/mol. The van der Waals surface area contributed by atoms with E-state index in [4.69, 9.17) is 4.74 Å². The van der Waals surface area contributed by atoms with Gasteiger partial charge in [-0.15, -0.1) is 11.3 Å². The summed E-state index contributed by atoms with van der Waals surface area (Å²) in [5.74, 6) is 0.861. The van der Waals surface area contributed by atoms with Gasteiger partial charge >= 0.3 is 0 Å². The third kappa shape index (κ3) is 3.61. The second-order valence-electron chi connectivity index (χ2n) is 4.72. The quantitative estimate of drug-likeness (QED) is 0.782. The lowest BCUT2D eigenvalue weighted by Gasteiger charge is -2.34. The first-order valence-corrected chi connectivity index (χ1v) is 7.09. The van der Waals surface area contributed by atoms with E-state index >= 15 is 0 Å². The van der Waals surface area contributed by atoms with E-state index in [1.54, 1.807) is 11.3 Å². The minimum absolute atomic E-state index is 0.319. The summed E-state index contributed by atoms with van der Waals surface area (Å²) in [6.45, 7) is 4.76. The Labute approximate surface area is 106 Å². The molecule has 0 bridgehead atoms. The Morgan fingerprint density at radius 1 is 1.59 bits per heavy atom. The van der Waals surface area contributed by atoms with Gasteiger partial charge in [0.15, 0.2) is 0 Å². The molecule has 4 heteroatoms. The lowest BCUT2D eigenvalue weighted by Crippen LogP contribution is -2.33. The number of aromatic nitrogens is 1. The van der Waals surface area contributed by atoms with Gasteiger partial charge in [0.1, 0.15) is 10.8 Å². The molecule has 1 aromatic heterocycles. The first-order valence-electron chi connectivity index (χ1n) is 6.21. The van der Waals surface area contributed by atoms with Gasteiger partial charge in [-0.05, 0) is 32.6 Å². The summed E-state index contributed by atoms with van der Waals surface area (Å²) in [6.07, 6.45) is 3.71. The number of hydrogen-bond donors (Lipinski definition) is 0. The maximum atomic E-state index is 11.8. The minimum atomic E-state index is 0.319. The summed E-state index contributed by atoms with van der Waals surface area (Å²) in [4.78, 5) is 16.1. The maximum absolute atomic E-state index is 11.8. The number of hydrogen-bond acceptors (Lipinski definition) is 4. The van der Waals surface area contributed by atoms with E-state index in [1.165, 1.54) is 0 Å². The molecule has 1 heterocycles. The molecule has 0 unspecified atom stereocenters. The number of thiazole rings is 1. The van der Waals surface area contributed by atoms with Gasteiger partial charge < -0.3 is 4.74 Å². The van der Waals surface area contributed by atoms with Gasteiger partial charge in [-0.25, -0.2) is 4.98 Å². The molecule has 1 fully saturated rings. The zero-order valence-corrected chi connectivity index (χ0v) is 11.3. The highest BCUT2D eigenvalue weighted by Gasteiger charge is 2.30. The van der Waals surface area contributed by atoms with Crippen LogP contribution in [0.3, 0.4) is 0 Å². The van der Waals surface area contributed by atoms with E-state index in [2.05, 4.69) is 4.98 Å². The van der Waals surface area contributed by atoms with E-state index in [-0.39, 0.29) is 0 Å². The third-order valence-electron chi connectivity index (χ3n) is 3.13. The lowest BCUT2D eigenvalue weighted by atomic mass is 9.79. The number of Topliss-reactive ketones (excluding diaryl/α,β-unsaturated/α-hetero) is 1. The van der Waals surface area contributed by atoms with E-state index < -0.39 is 0 Å². The van der Waals surface area contributed by atoms with Crippen molar-refractivity contribution in [3.8, 4) is 0 Å². The Kier molecular flexibility index (Phi) is 4.29. The van der Waals surface area contributed by atoms with Crippen molar-refractivity contribution in [2.75, 3.05) is 6.61 Å². The van der Waals surface area contributed by atoms with Crippen LogP contribution in [0.4, 0.5) is 0 Å². The van der Waals surface area contributed by atoms with Crippen molar-refractivity contribution in [2.24, 2.45) is 5.92 Å². The number of rotatable bonds is 6. The number of aryl methyl sites for hydroxylation is 1. The fourth-order valence-corrected chi connectivity index (χ4v) is 3.06. The molecule has 0 radical (unpaired) electrons. The van der Waals surface area contributed by atoms with Gasteiger partial charge in [-0.1, -0.05) is 0 Å². The summed E-state index contributed by atoms with van der Waals surface area (Å²) in [5.41, 5.74) is 1.01. The van der Waals surface area contributed by atoms with E-state index in [0.717, 1.165) is 30.2 Å². The minimum Gasteiger partial charge on any atom is -0.378 e. The number of ether oxygens (including phenoxy) is 1. The van der Waals surface area contributed by atoms with Gasteiger partial charge in [0, 0.05) is 24.1 Å².